The molecule has 0 bridgehead atoms. The van der Waals surface area contributed by atoms with E-state index < -0.39 is 0 Å². The van der Waals surface area contributed by atoms with Crippen molar-refractivity contribution >= 4 is 11.5 Å². The van der Waals surface area contributed by atoms with Crippen LogP contribution in [0.1, 0.15) is 25.5 Å². The first-order chi connectivity index (χ1) is 10.8. The number of imidazole rings is 1. The van der Waals surface area contributed by atoms with E-state index in [1.165, 1.54) is 0 Å². The minimum Gasteiger partial charge on any atom is -0.369 e. The molecule has 0 radical (unpaired) electrons. The molecule has 114 valence electrons. The first kappa shape index (κ1) is 14.5. The molecule has 0 aliphatic carbocycles. The lowest BCUT2D eigenvalue weighted by Crippen LogP contribution is -2.06. The molecule has 0 aliphatic heterocycles. The van der Waals surface area contributed by atoms with E-state index in [-0.39, 0.29) is 0 Å². The fourth-order valence-corrected chi connectivity index (χ4v) is 2.25. The second-order valence-electron chi connectivity index (χ2n) is 5.15. The minimum atomic E-state index is 0.442. The van der Waals surface area contributed by atoms with Crippen molar-refractivity contribution in [2.75, 3.05) is 11.9 Å². The average Bonchev–Trinajstić information content (AvgIpc) is 2.98. The largest absolute Gasteiger partial charge is 0.369 e. The number of aromatic nitrogens is 4. The zero-order valence-corrected chi connectivity index (χ0v) is 12.7. The molecule has 3 heterocycles. The topological polar surface area (TPSA) is 81.1 Å². The van der Waals surface area contributed by atoms with E-state index in [0.29, 0.717) is 6.54 Å². The van der Waals surface area contributed by atoms with Gasteiger partial charge in [-0.2, -0.15) is 0 Å². The van der Waals surface area contributed by atoms with Crippen LogP contribution >= 0.6 is 0 Å². The van der Waals surface area contributed by atoms with E-state index in [1.807, 2.05) is 41.2 Å². The average molecular weight is 296 g/mol. The van der Waals surface area contributed by atoms with Crippen LogP contribution in [0.5, 0.6) is 0 Å². The predicted molar refractivity (Wildman–Crippen MR) is 87.5 cm³/mol. The number of anilines is 1. The summed E-state index contributed by atoms with van der Waals surface area (Å²) in [5, 5.41) is 7.95. The van der Waals surface area contributed by atoms with Gasteiger partial charge in [-0.05, 0) is 30.7 Å². The molecule has 3 aromatic rings. The van der Waals surface area contributed by atoms with E-state index >= 15 is 0 Å². The van der Waals surface area contributed by atoms with Crippen LogP contribution in [-0.4, -0.2) is 26.1 Å². The SMILES string of the molecule is CCCCNc1ccc2ncc(-c3ccc(CN)nc3)n2n1. The number of hydrogen-bond acceptors (Lipinski definition) is 5. The minimum absolute atomic E-state index is 0.442. The molecular weight excluding hydrogens is 276 g/mol. The van der Waals surface area contributed by atoms with Gasteiger partial charge in [0.15, 0.2) is 5.65 Å². The number of hydrogen-bond donors (Lipinski definition) is 2. The summed E-state index contributed by atoms with van der Waals surface area (Å²) in [6.45, 7) is 3.53. The Morgan fingerprint density at radius 1 is 1.14 bits per heavy atom. The quantitative estimate of drug-likeness (QED) is 0.683. The Balaban J connectivity index is 1.93. The number of fused-ring (bicyclic) bond motifs is 1. The lowest BCUT2D eigenvalue weighted by molar-refractivity contribution is 0.823. The summed E-state index contributed by atoms with van der Waals surface area (Å²) < 4.78 is 1.84. The molecule has 3 rings (SSSR count). The van der Waals surface area contributed by atoms with Crippen LogP contribution in [0.4, 0.5) is 5.82 Å². The fraction of sp³-hybridized carbons (Fsp3) is 0.312. The molecule has 22 heavy (non-hydrogen) atoms. The maximum Gasteiger partial charge on any atom is 0.154 e. The second kappa shape index (κ2) is 6.53. The second-order valence-corrected chi connectivity index (χ2v) is 5.15. The summed E-state index contributed by atoms with van der Waals surface area (Å²) >= 11 is 0. The summed E-state index contributed by atoms with van der Waals surface area (Å²) in [7, 11) is 0. The summed E-state index contributed by atoms with van der Waals surface area (Å²) in [4.78, 5) is 8.73. The Morgan fingerprint density at radius 2 is 2.05 bits per heavy atom. The maximum atomic E-state index is 5.59. The van der Waals surface area contributed by atoms with Crippen molar-refractivity contribution in [1.82, 2.24) is 19.6 Å². The van der Waals surface area contributed by atoms with Gasteiger partial charge in [-0.25, -0.2) is 9.50 Å². The van der Waals surface area contributed by atoms with E-state index in [4.69, 9.17) is 5.73 Å². The van der Waals surface area contributed by atoms with E-state index in [2.05, 4.69) is 27.3 Å². The van der Waals surface area contributed by atoms with Gasteiger partial charge in [0.1, 0.15) is 5.82 Å². The molecule has 0 fully saturated rings. The van der Waals surface area contributed by atoms with Crippen LogP contribution in [0.2, 0.25) is 0 Å². The van der Waals surface area contributed by atoms with Crippen molar-refractivity contribution in [3.8, 4) is 11.3 Å². The Morgan fingerprint density at radius 3 is 2.77 bits per heavy atom. The molecule has 0 unspecified atom stereocenters. The van der Waals surface area contributed by atoms with Crippen molar-refractivity contribution in [3.63, 3.8) is 0 Å². The highest BCUT2D eigenvalue weighted by atomic mass is 15.3. The predicted octanol–water partition coefficient (Wildman–Crippen LogP) is 2.46. The van der Waals surface area contributed by atoms with E-state index in [1.54, 1.807) is 0 Å². The first-order valence-corrected chi connectivity index (χ1v) is 7.56. The maximum absolute atomic E-state index is 5.59. The van der Waals surface area contributed by atoms with Crippen molar-refractivity contribution in [2.45, 2.75) is 26.3 Å². The molecule has 0 atom stereocenters. The van der Waals surface area contributed by atoms with Crippen LogP contribution in [0.15, 0.2) is 36.7 Å². The van der Waals surface area contributed by atoms with Crippen molar-refractivity contribution in [3.05, 3.63) is 42.4 Å². The molecule has 6 nitrogen and oxygen atoms in total. The number of unbranched alkanes of at least 4 members (excludes halogenated alkanes) is 1. The van der Waals surface area contributed by atoms with Crippen molar-refractivity contribution in [1.29, 1.82) is 0 Å². The highest BCUT2D eigenvalue weighted by molar-refractivity contribution is 5.62. The molecule has 6 heteroatoms. The molecule has 3 aromatic heterocycles. The van der Waals surface area contributed by atoms with Gasteiger partial charge in [0.05, 0.1) is 17.6 Å². The number of nitrogens with two attached hydrogens (primary N) is 1. The summed E-state index contributed by atoms with van der Waals surface area (Å²) in [5.41, 5.74) is 9.17. The molecule has 0 saturated carbocycles. The zero-order chi connectivity index (χ0) is 15.4. The normalized spacial score (nSPS) is 11.0. The third-order valence-corrected chi connectivity index (χ3v) is 3.53. The van der Waals surface area contributed by atoms with Crippen LogP contribution in [0.3, 0.4) is 0 Å². The summed E-state index contributed by atoms with van der Waals surface area (Å²) in [6, 6.07) is 7.85. The van der Waals surface area contributed by atoms with Crippen molar-refractivity contribution < 1.29 is 0 Å². The summed E-state index contributed by atoms with van der Waals surface area (Å²) in [5.74, 6) is 0.853. The number of rotatable bonds is 6. The number of nitrogens with one attached hydrogen (secondary N) is 1. The van der Waals surface area contributed by atoms with Crippen LogP contribution in [0, 0.1) is 0 Å². The first-order valence-electron chi connectivity index (χ1n) is 7.56. The monoisotopic (exact) mass is 296 g/mol. The van der Waals surface area contributed by atoms with Gasteiger partial charge < -0.3 is 11.1 Å². The van der Waals surface area contributed by atoms with Crippen LogP contribution < -0.4 is 11.1 Å². The summed E-state index contributed by atoms with van der Waals surface area (Å²) in [6.07, 6.45) is 5.91. The van der Waals surface area contributed by atoms with Gasteiger partial charge >= 0.3 is 0 Å². The molecular formula is C16H20N6. The molecule has 0 spiro atoms. The van der Waals surface area contributed by atoms with E-state index in [9.17, 15) is 0 Å². The van der Waals surface area contributed by atoms with Gasteiger partial charge in [0.25, 0.3) is 0 Å². The van der Waals surface area contributed by atoms with Gasteiger partial charge in [-0.3, -0.25) is 4.98 Å². The van der Waals surface area contributed by atoms with Crippen LogP contribution in [0.25, 0.3) is 16.9 Å². The Kier molecular flexibility index (Phi) is 4.29. The molecule has 0 amide bonds. The van der Waals surface area contributed by atoms with E-state index in [0.717, 1.165) is 47.8 Å². The molecule has 3 N–H and O–H groups in total. The molecule has 0 aliphatic rings. The smallest absolute Gasteiger partial charge is 0.154 e. The third kappa shape index (κ3) is 2.92. The third-order valence-electron chi connectivity index (χ3n) is 3.53. The lowest BCUT2D eigenvalue weighted by Gasteiger charge is -2.06. The van der Waals surface area contributed by atoms with Gasteiger partial charge in [0, 0.05) is 24.8 Å². The lowest BCUT2D eigenvalue weighted by atomic mass is 10.2. The highest BCUT2D eigenvalue weighted by Crippen LogP contribution is 2.20. The number of nitrogens with zero attached hydrogens (tertiary/aromatic N) is 4. The van der Waals surface area contributed by atoms with Gasteiger partial charge in [0.2, 0.25) is 0 Å². The molecule has 0 saturated heterocycles. The Bertz CT molecular complexity index is 747. The Hall–Kier alpha value is -2.47. The van der Waals surface area contributed by atoms with Gasteiger partial charge in [-0.15, -0.1) is 5.10 Å². The van der Waals surface area contributed by atoms with Gasteiger partial charge in [-0.1, -0.05) is 13.3 Å². The Labute approximate surface area is 129 Å². The van der Waals surface area contributed by atoms with Crippen LogP contribution in [-0.2, 0) is 6.54 Å². The van der Waals surface area contributed by atoms with Crippen molar-refractivity contribution in [2.24, 2.45) is 5.73 Å². The highest BCUT2D eigenvalue weighted by Gasteiger charge is 2.08. The zero-order valence-electron chi connectivity index (χ0n) is 12.7. The standard InChI is InChI=1S/C16H20N6/c1-2-3-8-18-15-6-7-16-20-11-14(22(16)21-15)12-4-5-13(9-17)19-10-12/h4-7,10-11H,2-3,8-9,17H2,1H3,(H,18,21). The molecule has 0 aromatic carbocycles. The number of pyridine rings is 1. The fourth-order valence-electron chi connectivity index (χ4n) is 2.25.